The molecule has 28 heavy (non-hydrogen) atoms. The van der Waals surface area contributed by atoms with Crippen LogP contribution in [0.5, 0.6) is 0 Å². The fourth-order valence-electron chi connectivity index (χ4n) is 2.37. The highest BCUT2D eigenvalue weighted by molar-refractivity contribution is 7.89. The first-order valence-electron chi connectivity index (χ1n) is 8.55. The van der Waals surface area contributed by atoms with Crippen LogP contribution in [0.3, 0.4) is 0 Å². The van der Waals surface area contributed by atoms with E-state index in [0.29, 0.717) is 0 Å². The van der Waals surface area contributed by atoms with Gasteiger partial charge in [0.15, 0.2) is 0 Å². The third-order valence-electron chi connectivity index (χ3n) is 4.05. The van der Waals surface area contributed by atoms with E-state index in [2.05, 4.69) is 10.3 Å². The Hall–Kier alpha value is -2.55. The lowest BCUT2D eigenvalue weighted by molar-refractivity contribution is -0.123. The Morgan fingerprint density at radius 2 is 1.57 bits per heavy atom. The zero-order valence-corrected chi connectivity index (χ0v) is 17.4. The second-order valence-electron chi connectivity index (χ2n) is 7.39. The van der Waals surface area contributed by atoms with Gasteiger partial charge in [0.2, 0.25) is 15.9 Å². The van der Waals surface area contributed by atoms with E-state index in [1.54, 1.807) is 12.1 Å². The molecule has 3 N–H and O–H groups in total. The van der Waals surface area contributed by atoms with Crippen LogP contribution in [0.15, 0.2) is 58.8 Å². The van der Waals surface area contributed by atoms with Crippen LogP contribution in [-0.2, 0) is 14.8 Å². The molecule has 146 valence electrons. The molecule has 1 aromatic heterocycles. The zero-order chi connectivity index (χ0) is 20.5. The normalized spacial score (nSPS) is 12.0. The smallest absolute Gasteiger partial charge is 0.238 e. The molecule has 0 spiro atoms. The van der Waals surface area contributed by atoms with E-state index in [-0.39, 0.29) is 10.8 Å². The number of nitrogens with one attached hydrogen (secondary N) is 1. The molecule has 0 aliphatic rings. The van der Waals surface area contributed by atoms with Crippen molar-refractivity contribution in [1.82, 2.24) is 4.98 Å². The van der Waals surface area contributed by atoms with E-state index in [0.717, 1.165) is 27.5 Å². The number of nitrogens with zero attached hydrogens (tertiary/aromatic N) is 1. The van der Waals surface area contributed by atoms with Gasteiger partial charge in [-0.15, -0.1) is 11.3 Å². The van der Waals surface area contributed by atoms with Crippen LogP contribution < -0.4 is 10.5 Å². The van der Waals surface area contributed by atoms with Crippen molar-refractivity contribution in [3.8, 4) is 21.8 Å². The van der Waals surface area contributed by atoms with Crippen molar-refractivity contribution in [1.29, 1.82) is 0 Å². The van der Waals surface area contributed by atoms with E-state index in [4.69, 9.17) is 5.14 Å². The van der Waals surface area contributed by atoms with Gasteiger partial charge in [0.1, 0.15) is 5.01 Å². The maximum Gasteiger partial charge on any atom is 0.238 e. The van der Waals surface area contributed by atoms with Crippen LogP contribution >= 0.6 is 11.3 Å². The summed E-state index contributed by atoms with van der Waals surface area (Å²) in [5.41, 5.74) is 2.83. The standard InChI is InChI=1S/C20H21N3O3S2/c1-20(2,3)19(24)22-15-8-4-13(5-9-15)17-12-27-18(23-17)14-6-10-16(11-7-14)28(21,25)26/h4-12H,1-3H3,(H,22,24)(H2,21,25,26). The molecule has 0 atom stereocenters. The lowest BCUT2D eigenvalue weighted by Gasteiger charge is -2.17. The van der Waals surface area contributed by atoms with E-state index in [1.807, 2.05) is 50.4 Å². The molecule has 0 aliphatic heterocycles. The number of hydrogen-bond acceptors (Lipinski definition) is 5. The van der Waals surface area contributed by atoms with E-state index < -0.39 is 15.4 Å². The van der Waals surface area contributed by atoms with E-state index >= 15 is 0 Å². The summed E-state index contributed by atoms with van der Waals surface area (Å²) in [4.78, 5) is 16.8. The molecule has 0 aliphatic carbocycles. The van der Waals surface area contributed by atoms with Crippen molar-refractivity contribution in [3.63, 3.8) is 0 Å². The number of aromatic nitrogens is 1. The summed E-state index contributed by atoms with van der Waals surface area (Å²) in [6.07, 6.45) is 0. The molecular weight excluding hydrogens is 394 g/mol. The third kappa shape index (κ3) is 4.64. The van der Waals surface area contributed by atoms with Crippen molar-refractivity contribution < 1.29 is 13.2 Å². The topological polar surface area (TPSA) is 102 Å². The van der Waals surface area contributed by atoms with Gasteiger partial charge in [0, 0.05) is 27.6 Å². The molecule has 0 saturated heterocycles. The number of anilines is 1. The van der Waals surface area contributed by atoms with Crippen LogP contribution in [0, 0.1) is 5.41 Å². The summed E-state index contributed by atoms with van der Waals surface area (Å²) in [6, 6.07) is 13.8. The second-order valence-corrected chi connectivity index (χ2v) is 9.81. The Balaban J connectivity index is 1.78. The maximum absolute atomic E-state index is 12.1. The van der Waals surface area contributed by atoms with Crippen molar-refractivity contribution in [2.45, 2.75) is 25.7 Å². The van der Waals surface area contributed by atoms with E-state index in [1.165, 1.54) is 23.5 Å². The molecule has 0 radical (unpaired) electrons. The highest BCUT2D eigenvalue weighted by Gasteiger charge is 2.21. The molecule has 1 amide bonds. The SMILES string of the molecule is CC(C)(C)C(=O)Nc1ccc(-c2csc(-c3ccc(S(N)(=O)=O)cc3)n2)cc1. The molecule has 2 aromatic carbocycles. The number of hydrogen-bond donors (Lipinski definition) is 2. The predicted octanol–water partition coefficient (Wildman–Crippen LogP) is 4.11. The van der Waals surface area contributed by atoms with Crippen LogP contribution in [0.4, 0.5) is 5.69 Å². The van der Waals surface area contributed by atoms with E-state index in [9.17, 15) is 13.2 Å². The Morgan fingerprint density at radius 1 is 1.00 bits per heavy atom. The van der Waals surface area contributed by atoms with Gasteiger partial charge in [-0.1, -0.05) is 45.0 Å². The largest absolute Gasteiger partial charge is 0.326 e. The summed E-state index contributed by atoms with van der Waals surface area (Å²) >= 11 is 1.47. The lowest BCUT2D eigenvalue weighted by atomic mass is 9.95. The van der Waals surface area contributed by atoms with Crippen molar-refractivity contribution in [3.05, 3.63) is 53.9 Å². The predicted molar refractivity (Wildman–Crippen MR) is 112 cm³/mol. The molecule has 3 rings (SSSR count). The Kier molecular flexibility index (Phi) is 5.38. The molecule has 0 bridgehead atoms. The number of amides is 1. The summed E-state index contributed by atoms with van der Waals surface area (Å²) < 4.78 is 22.7. The van der Waals surface area contributed by atoms with Gasteiger partial charge >= 0.3 is 0 Å². The van der Waals surface area contributed by atoms with Crippen LogP contribution in [0.2, 0.25) is 0 Å². The fourth-order valence-corrected chi connectivity index (χ4v) is 3.72. The number of rotatable bonds is 4. The quantitative estimate of drug-likeness (QED) is 0.669. The second kappa shape index (κ2) is 7.46. The van der Waals surface area contributed by atoms with Gasteiger partial charge in [0.25, 0.3) is 0 Å². The molecule has 0 unspecified atom stereocenters. The first kappa shape index (κ1) is 20.2. The minimum atomic E-state index is -3.71. The van der Waals surface area contributed by atoms with Crippen LogP contribution in [0.25, 0.3) is 21.8 Å². The molecule has 3 aromatic rings. The average Bonchev–Trinajstić information content (AvgIpc) is 3.11. The molecule has 1 heterocycles. The molecule has 8 heteroatoms. The fraction of sp³-hybridized carbons (Fsp3) is 0.200. The van der Waals surface area contributed by atoms with Gasteiger partial charge < -0.3 is 5.32 Å². The molecular formula is C20H21N3O3S2. The summed E-state index contributed by atoms with van der Waals surface area (Å²) in [7, 11) is -3.71. The minimum absolute atomic E-state index is 0.0425. The Bertz CT molecular complexity index is 1090. The van der Waals surface area contributed by atoms with Gasteiger partial charge in [0.05, 0.1) is 10.6 Å². The zero-order valence-electron chi connectivity index (χ0n) is 15.8. The van der Waals surface area contributed by atoms with Gasteiger partial charge in [-0.3, -0.25) is 4.79 Å². The Morgan fingerprint density at radius 3 is 2.11 bits per heavy atom. The highest BCUT2D eigenvalue weighted by Crippen LogP contribution is 2.30. The number of sulfonamides is 1. The van der Waals surface area contributed by atoms with Gasteiger partial charge in [-0.05, 0) is 24.3 Å². The van der Waals surface area contributed by atoms with Crippen molar-refractivity contribution in [2.75, 3.05) is 5.32 Å². The minimum Gasteiger partial charge on any atom is -0.326 e. The van der Waals surface area contributed by atoms with Crippen LogP contribution in [-0.4, -0.2) is 19.3 Å². The summed E-state index contributed by atoms with van der Waals surface area (Å²) in [6.45, 7) is 5.59. The number of nitrogens with two attached hydrogens (primary N) is 1. The van der Waals surface area contributed by atoms with Crippen LogP contribution in [0.1, 0.15) is 20.8 Å². The molecule has 0 fully saturated rings. The molecule has 0 saturated carbocycles. The first-order chi connectivity index (χ1) is 13.0. The number of carbonyl (C=O) groups is 1. The summed E-state index contributed by atoms with van der Waals surface area (Å²) in [5, 5.41) is 10.7. The first-order valence-corrected chi connectivity index (χ1v) is 11.0. The van der Waals surface area contributed by atoms with Gasteiger partial charge in [-0.25, -0.2) is 18.5 Å². The average molecular weight is 416 g/mol. The maximum atomic E-state index is 12.1. The van der Waals surface area contributed by atoms with Crippen molar-refractivity contribution >= 4 is 33.0 Å². The monoisotopic (exact) mass is 415 g/mol. The number of thiazole rings is 1. The number of primary sulfonamides is 1. The summed E-state index contributed by atoms with van der Waals surface area (Å²) in [5.74, 6) is -0.0425. The van der Waals surface area contributed by atoms with Crippen molar-refractivity contribution in [2.24, 2.45) is 10.6 Å². The Labute approximate surface area is 168 Å². The highest BCUT2D eigenvalue weighted by atomic mass is 32.2. The van der Waals surface area contributed by atoms with Gasteiger partial charge in [-0.2, -0.15) is 0 Å². The molecule has 6 nitrogen and oxygen atoms in total. The third-order valence-corrected chi connectivity index (χ3v) is 5.87. The number of carbonyl (C=O) groups excluding carboxylic acids is 1. The number of benzene rings is 2. The lowest BCUT2D eigenvalue weighted by Crippen LogP contribution is -2.27.